The van der Waals surface area contributed by atoms with Crippen molar-refractivity contribution in [1.29, 1.82) is 0 Å². The smallest absolute Gasteiger partial charge is 0.130 e. The Morgan fingerprint density at radius 2 is 2.05 bits per heavy atom. The molecule has 0 spiro atoms. The molecule has 1 heterocycles. The van der Waals surface area contributed by atoms with Crippen LogP contribution in [0, 0.1) is 6.92 Å². The van der Waals surface area contributed by atoms with Gasteiger partial charge in [-0.25, -0.2) is 4.98 Å². The van der Waals surface area contributed by atoms with Crippen LogP contribution in [0.5, 0.6) is 0 Å². The van der Waals surface area contributed by atoms with Gasteiger partial charge in [0.1, 0.15) is 5.82 Å². The number of imidazole rings is 1. The molecule has 1 aromatic carbocycles. The molecule has 1 atom stereocenters. The summed E-state index contributed by atoms with van der Waals surface area (Å²) in [6.45, 7) is 8.37. The van der Waals surface area contributed by atoms with Crippen molar-refractivity contribution in [3.63, 3.8) is 0 Å². The molecule has 21 heavy (non-hydrogen) atoms. The number of nitrogens with one attached hydrogen (secondary N) is 1. The molecule has 0 fully saturated rings. The van der Waals surface area contributed by atoms with Gasteiger partial charge in [-0.1, -0.05) is 31.5 Å². The summed E-state index contributed by atoms with van der Waals surface area (Å²) in [5.41, 5.74) is 2.35. The molecule has 0 aliphatic heterocycles. The molecule has 1 aromatic heterocycles. The summed E-state index contributed by atoms with van der Waals surface area (Å²) in [5.74, 6) is 1.06. The van der Waals surface area contributed by atoms with Crippen LogP contribution in [0.1, 0.15) is 49.7 Å². The minimum Gasteiger partial charge on any atom is -0.333 e. The van der Waals surface area contributed by atoms with Crippen LogP contribution in [0.4, 0.5) is 0 Å². The number of hydrogen-bond donors (Lipinski definition) is 1. The van der Waals surface area contributed by atoms with Gasteiger partial charge in [-0.3, -0.25) is 0 Å². The number of rotatable bonds is 7. The molecule has 0 amide bonds. The highest BCUT2D eigenvalue weighted by Gasteiger charge is 2.19. The van der Waals surface area contributed by atoms with Gasteiger partial charge in [0.05, 0.1) is 6.04 Å². The number of nitrogens with zero attached hydrogens (tertiary/aromatic N) is 2. The SMILES string of the molecule is CCCNC(c1cc(C)cc(Cl)c1)c1nccn1CCC. The lowest BCUT2D eigenvalue weighted by molar-refractivity contribution is 0.530. The zero-order chi connectivity index (χ0) is 15.2. The van der Waals surface area contributed by atoms with Crippen molar-refractivity contribution in [1.82, 2.24) is 14.9 Å². The van der Waals surface area contributed by atoms with E-state index in [1.807, 2.05) is 18.3 Å². The zero-order valence-electron chi connectivity index (χ0n) is 13.1. The first-order chi connectivity index (χ1) is 10.2. The fourth-order valence-electron chi connectivity index (χ4n) is 2.59. The topological polar surface area (TPSA) is 29.9 Å². The third-order valence-corrected chi connectivity index (χ3v) is 3.68. The standard InChI is InChI=1S/C17H24ClN3/c1-4-6-19-16(14-10-13(3)11-15(18)12-14)17-20-7-9-21(17)8-5-2/h7,9-12,16,19H,4-6,8H2,1-3H3. The zero-order valence-corrected chi connectivity index (χ0v) is 13.8. The lowest BCUT2D eigenvalue weighted by Crippen LogP contribution is -2.26. The van der Waals surface area contributed by atoms with Gasteiger partial charge in [0, 0.05) is 24.0 Å². The fourth-order valence-corrected chi connectivity index (χ4v) is 2.89. The molecular weight excluding hydrogens is 282 g/mol. The monoisotopic (exact) mass is 305 g/mol. The molecule has 1 N–H and O–H groups in total. The molecule has 0 aliphatic rings. The lowest BCUT2D eigenvalue weighted by Gasteiger charge is -2.21. The third-order valence-electron chi connectivity index (χ3n) is 3.47. The number of aryl methyl sites for hydroxylation is 2. The maximum absolute atomic E-state index is 6.24. The second kappa shape index (κ2) is 7.62. The third kappa shape index (κ3) is 4.08. The number of halogens is 1. The van der Waals surface area contributed by atoms with Gasteiger partial charge in [-0.05, 0) is 49.6 Å². The number of aromatic nitrogens is 2. The molecule has 114 valence electrons. The summed E-state index contributed by atoms with van der Waals surface area (Å²) >= 11 is 6.24. The van der Waals surface area contributed by atoms with E-state index in [-0.39, 0.29) is 6.04 Å². The predicted molar refractivity (Wildman–Crippen MR) is 88.8 cm³/mol. The van der Waals surface area contributed by atoms with Crippen LogP contribution in [0.2, 0.25) is 5.02 Å². The van der Waals surface area contributed by atoms with E-state index in [2.05, 4.69) is 47.9 Å². The summed E-state index contributed by atoms with van der Waals surface area (Å²) in [6, 6.07) is 6.29. The molecule has 0 aliphatic carbocycles. The first-order valence-electron chi connectivity index (χ1n) is 7.67. The first kappa shape index (κ1) is 16.1. The molecular formula is C17H24ClN3. The Kier molecular flexibility index (Phi) is 5.83. The molecule has 2 aromatic rings. The van der Waals surface area contributed by atoms with Gasteiger partial charge < -0.3 is 9.88 Å². The summed E-state index contributed by atoms with van der Waals surface area (Å²) in [5, 5.41) is 4.38. The van der Waals surface area contributed by atoms with E-state index in [9.17, 15) is 0 Å². The summed E-state index contributed by atoms with van der Waals surface area (Å²) < 4.78 is 2.23. The molecule has 3 nitrogen and oxygen atoms in total. The van der Waals surface area contributed by atoms with Crippen molar-refractivity contribution in [3.05, 3.63) is 52.6 Å². The van der Waals surface area contributed by atoms with Gasteiger partial charge in [0.2, 0.25) is 0 Å². The van der Waals surface area contributed by atoms with Crippen molar-refractivity contribution >= 4 is 11.6 Å². The highest BCUT2D eigenvalue weighted by Crippen LogP contribution is 2.25. The second-order valence-electron chi connectivity index (χ2n) is 5.43. The van der Waals surface area contributed by atoms with E-state index < -0.39 is 0 Å². The molecule has 0 saturated heterocycles. The van der Waals surface area contributed by atoms with Crippen LogP contribution < -0.4 is 5.32 Å². The Morgan fingerprint density at radius 1 is 1.24 bits per heavy atom. The molecule has 0 saturated carbocycles. The minimum absolute atomic E-state index is 0.0869. The molecule has 0 radical (unpaired) electrons. The summed E-state index contributed by atoms with van der Waals surface area (Å²) in [4.78, 5) is 4.58. The van der Waals surface area contributed by atoms with Crippen molar-refractivity contribution < 1.29 is 0 Å². The predicted octanol–water partition coefficient (Wildman–Crippen LogP) is 4.34. The van der Waals surface area contributed by atoms with Crippen LogP contribution in [0.25, 0.3) is 0 Å². The largest absolute Gasteiger partial charge is 0.333 e. The molecule has 1 unspecified atom stereocenters. The maximum atomic E-state index is 6.24. The van der Waals surface area contributed by atoms with Gasteiger partial charge in [-0.15, -0.1) is 0 Å². The van der Waals surface area contributed by atoms with Crippen molar-refractivity contribution in [2.75, 3.05) is 6.54 Å². The Morgan fingerprint density at radius 3 is 2.71 bits per heavy atom. The van der Waals surface area contributed by atoms with Crippen molar-refractivity contribution in [3.8, 4) is 0 Å². The van der Waals surface area contributed by atoms with Gasteiger partial charge in [0.15, 0.2) is 0 Å². The Labute approximate surface area is 132 Å². The van der Waals surface area contributed by atoms with Crippen LogP contribution >= 0.6 is 11.6 Å². The maximum Gasteiger partial charge on any atom is 0.130 e. The quantitative estimate of drug-likeness (QED) is 0.824. The van der Waals surface area contributed by atoms with E-state index in [0.29, 0.717) is 0 Å². The van der Waals surface area contributed by atoms with Gasteiger partial charge in [-0.2, -0.15) is 0 Å². The normalized spacial score (nSPS) is 12.6. The van der Waals surface area contributed by atoms with E-state index in [4.69, 9.17) is 11.6 Å². The van der Waals surface area contributed by atoms with Crippen LogP contribution in [0.3, 0.4) is 0 Å². The number of benzene rings is 1. The summed E-state index contributed by atoms with van der Waals surface area (Å²) in [7, 11) is 0. The Hall–Kier alpha value is -1.32. The Balaban J connectivity index is 2.39. The first-order valence-corrected chi connectivity index (χ1v) is 8.05. The highest BCUT2D eigenvalue weighted by atomic mass is 35.5. The highest BCUT2D eigenvalue weighted by molar-refractivity contribution is 6.30. The fraction of sp³-hybridized carbons (Fsp3) is 0.471. The van der Waals surface area contributed by atoms with Crippen LogP contribution in [-0.4, -0.2) is 16.1 Å². The van der Waals surface area contributed by atoms with Crippen molar-refractivity contribution in [2.45, 2.75) is 46.2 Å². The van der Waals surface area contributed by atoms with E-state index in [0.717, 1.165) is 36.8 Å². The van der Waals surface area contributed by atoms with Crippen LogP contribution in [0.15, 0.2) is 30.6 Å². The summed E-state index contributed by atoms with van der Waals surface area (Å²) in [6.07, 6.45) is 6.11. The van der Waals surface area contributed by atoms with E-state index >= 15 is 0 Å². The van der Waals surface area contributed by atoms with Crippen LogP contribution in [-0.2, 0) is 6.54 Å². The minimum atomic E-state index is 0.0869. The lowest BCUT2D eigenvalue weighted by atomic mass is 10.0. The number of hydrogen-bond acceptors (Lipinski definition) is 2. The van der Waals surface area contributed by atoms with E-state index in [1.165, 1.54) is 11.1 Å². The van der Waals surface area contributed by atoms with E-state index in [1.54, 1.807) is 0 Å². The molecule has 0 bridgehead atoms. The van der Waals surface area contributed by atoms with Crippen molar-refractivity contribution in [2.24, 2.45) is 0 Å². The Bertz CT molecular complexity index is 557. The molecule has 2 rings (SSSR count). The molecule has 4 heteroatoms. The average Bonchev–Trinajstić information content (AvgIpc) is 2.87. The van der Waals surface area contributed by atoms with Gasteiger partial charge >= 0.3 is 0 Å². The second-order valence-corrected chi connectivity index (χ2v) is 5.86. The average molecular weight is 306 g/mol. The van der Waals surface area contributed by atoms with Gasteiger partial charge in [0.25, 0.3) is 0 Å².